The van der Waals surface area contributed by atoms with E-state index >= 15 is 0 Å². The maximum Gasteiger partial charge on any atom is 0.317 e. The van der Waals surface area contributed by atoms with E-state index in [1.807, 2.05) is 18.2 Å². The molecule has 0 bridgehead atoms. The molecule has 0 saturated carbocycles. The molecule has 1 aliphatic carbocycles. The molecule has 1 aliphatic rings. The molecule has 0 spiro atoms. The Morgan fingerprint density at radius 3 is 2.67 bits per heavy atom. The first kappa shape index (κ1) is 13.9. The fourth-order valence-corrected chi connectivity index (χ4v) is 4.10. The van der Waals surface area contributed by atoms with E-state index in [4.69, 9.17) is 23.1 Å². The van der Waals surface area contributed by atoms with Crippen LogP contribution >= 0.6 is 22.9 Å². The first-order valence-corrected chi connectivity index (χ1v) is 7.47. The summed E-state index contributed by atoms with van der Waals surface area (Å²) in [7, 11) is 0. The molecule has 21 heavy (non-hydrogen) atoms. The molecule has 3 amide bonds. The lowest BCUT2D eigenvalue weighted by atomic mass is 9.89. The summed E-state index contributed by atoms with van der Waals surface area (Å²) in [4.78, 5) is 23.7. The third kappa shape index (κ3) is 2.36. The van der Waals surface area contributed by atoms with Gasteiger partial charge in [-0.05, 0) is 41.7 Å². The molecular formula is C14H12ClN3O2S. The molecule has 0 fully saturated rings. The van der Waals surface area contributed by atoms with Crippen LogP contribution in [0.4, 0.5) is 9.80 Å². The fraction of sp³-hybridized carbons (Fsp3) is 0.143. The van der Waals surface area contributed by atoms with Crippen LogP contribution in [0.1, 0.15) is 21.5 Å². The standard InChI is InChI=1S/C14H12ClN3O2S/c15-7-3-1-6-2-4-8-10(12(16)19)13(18-14(17)20)21-11(8)9(6)5-7/h1,3,5H,2,4H2,(H2,16,19)(H3,17,18,20). The van der Waals surface area contributed by atoms with Gasteiger partial charge in [0.1, 0.15) is 5.00 Å². The lowest BCUT2D eigenvalue weighted by molar-refractivity contribution is 0.100. The lowest BCUT2D eigenvalue weighted by Gasteiger charge is -2.17. The van der Waals surface area contributed by atoms with Gasteiger partial charge < -0.3 is 11.5 Å². The van der Waals surface area contributed by atoms with Crippen molar-refractivity contribution in [2.24, 2.45) is 11.5 Å². The van der Waals surface area contributed by atoms with Gasteiger partial charge in [0.15, 0.2) is 0 Å². The summed E-state index contributed by atoms with van der Waals surface area (Å²) in [5.41, 5.74) is 14.0. The number of fused-ring (bicyclic) bond motifs is 3. The maximum absolute atomic E-state index is 11.7. The highest BCUT2D eigenvalue weighted by molar-refractivity contribution is 7.20. The van der Waals surface area contributed by atoms with Crippen LogP contribution in [0.2, 0.25) is 5.02 Å². The number of hydrogen-bond acceptors (Lipinski definition) is 3. The average molecular weight is 322 g/mol. The minimum atomic E-state index is -0.720. The van der Waals surface area contributed by atoms with E-state index in [1.54, 1.807) is 0 Å². The van der Waals surface area contributed by atoms with E-state index in [0.717, 1.165) is 28.0 Å². The number of halogens is 1. The minimum Gasteiger partial charge on any atom is -0.365 e. The Balaban J connectivity index is 2.23. The number of hydrogen-bond donors (Lipinski definition) is 3. The number of rotatable bonds is 2. The maximum atomic E-state index is 11.7. The molecule has 0 radical (unpaired) electrons. The average Bonchev–Trinajstić information content (AvgIpc) is 2.76. The van der Waals surface area contributed by atoms with Gasteiger partial charge in [0, 0.05) is 9.90 Å². The zero-order chi connectivity index (χ0) is 15.1. The van der Waals surface area contributed by atoms with Crippen molar-refractivity contribution in [1.29, 1.82) is 0 Å². The summed E-state index contributed by atoms with van der Waals surface area (Å²) < 4.78 is 0. The monoisotopic (exact) mass is 321 g/mol. The number of primary amides is 2. The predicted octanol–water partition coefficient (Wildman–Crippen LogP) is 2.76. The summed E-state index contributed by atoms with van der Waals surface area (Å²) in [5.74, 6) is -0.568. The van der Waals surface area contributed by atoms with Crippen LogP contribution < -0.4 is 16.8 Å². The fourth-order valence-electron chi connectivity index (χ4n) is 2.62. The van der Waals surface area contributed by atoms with Crippen molar-refractivity contribution in [3.63, 3.8) is 0 Å². The second-order valence-corrected chi connectivity index (χ2v) is 6.23. The number of aryl methyl sites for hydroxylation is 1. The Kier molecular flexibility index (Phi) is 3.35. The van der Waals surface area contributed by atoms with Crippen LogP contribution in [0.3, 0.4) is 0 Å². The van der Waals surface area contributed by atoms with Gasteiger partial charge in [0.05, 0.1) is 5.56 Å². The molecule has 1 aromatic carbocycles. The molecule has 0 aliphatic heterocycles. The molecule has 0 unspecified atom stereocenters. The number of nitrogens with two attached hydrogens (primary N) is 2. The zero-order valence-electron chi connectivity index (χ0n) is 10.9. The van der Waals surface area contributed by atoms with Crippen LogP contribution in [0.15, 0.2) is 18.2 Å². The first-order chi connectivity index (χ1) is 9.97. The van der Waals surface area contributed by atoms with E-state index in [2.05, 4.69) is 5.32 Å². The summed E-state index contributed by atoms with van der Waals surface area (Å²) in [6.07, 6.45) is 1.49. The van der Waals surface area contributed by atoms with Gasteiger partial charge >= 0.3 is 6.03 Å². The third-order valence-corrected chi connectivity index (χ3v) is 4.87. The summed E-state index contributed by atoms with van der Waals surface area (Å²) >= 11 is 7.36. The van der Waals surface area contributed by atoms with Gasteiger partial charge in [-0.25, -0.2) is 4.79 Å². The van der Waals surface area contributed by atoms with Crippen molar-refractivity contribution in [3.05, 3.63) is 39.9 Å². The SMILES string of the molecule is NC(=O)Nc1sc2c(c1C(N)=O)CCc1ccc(Cl)cc1-2. The van der Waals surface area contributed by atoms with Gasteiger partial charge in [0.25, 0.3) is 5.91 Å². The van der Waals surface area contributed by atoms with Crippen LogP contribution in [-0.4, -0.2) is 11.9 Å². The van der Waals surface area contributed by atoms with E-state index in [1.165, 1.54) is 11.3 Å². The van der Waals surface area contributed by atoms with Gasteiger partial charge in [-0.15, -0.1) is 11.3 Å². The van der Waals surface area contributed by atoms with Crippen molar-refractivity contribution >= 4 is 39.9 Å². The van der Waals surface area contributed by atoms with Crippen LogP contribution in [0, 0.1) is 0 Å². The molecule has 5 N–H and O–H groups in total. The Morgan fingerprint density at radius 1 is 1.24 bits per heavy atom. The van der Waals surface area contributed by atoms with Gasteiger partial charge in [-0.2, -0.15) is 0 Å². The molecule has 7 heteroatoms. The van der Waals surface area contributed by atoms with E-state index in [-0.39, 0.29) is 0 Å². The molecular weight excluding hydrogens is 310 g/mol. The van der Waals surface area contributed by atoms with Crippen LogP contribution in [0.25, 0.3) is 10.4 Å². The second-order valence-electron chi connectivity index (χ2n) is 4.77. The molecule has 1 aromatic heterocycles. The molecule has 108 valence electrons. The van der Waals surface area contributed by atoms with Gasteiger partial charge in [0.2, 0.25) is 0 Å². The third-order valence-electron chi connectivity index (χ3n) is 3.45. The number of urea groups is 1. The van der Waals surface area contributed by atoms with Crippen LogP contribution in [-0.2, 0) is 12.8 Å². The number of benzene rings is 1. The van der Waals surface area contributed by atoms with Crippen molar-refractivity contribution < 1.29 is 9.59 Å². The topological polar surface area (TPSA) is 98.2 Å². The normalized spacial score (nSPS) is 12.4. The number of amides is 3. The predicted molar refractivity (Wildman–Crippen MR) is 83.9 cm³/mol. The molecule has 2 aromatic rings. The number of anilines is 1. The van der Waals surface area contributed by atoms with Crippen LogP contribution in [0.5, 0.6) is 0 Å². The highest BCUT2D eigenvalue weighted by Crippen LogP contribution is 2.45. The van der Waals surface area contributed by atoms with Crippen molar-refractivity contribution in [2.75, 3.05) is 5.32 Å². The van der Waals surface area contributed by atoms with E-state index < -0.39 is 11.9 Å². The summed E-state index contributed by atoms with van der Waals surface area (Å²) in [6, 6.07) is 4.97. The second kappa shape index (κ2) is 5.05. The number of nitrogens with one attached hydrogen (secondary N) is 1. The highest BCUT2D eigenvalue weighted by Gasteiger charge is 2.27. The smallest absolute Gasteiger partial charge is 0.317 e. The van der Waals surface area contributed by atoms with Gasteiger partial charge in [-0.1, -0.05) is 17.7 Å². The minimum absolute atomic E-state index is 0.347. The largest absolute Gasteiger partial charge is 0.365 e. The Morgan fingerprint density at radius 2 is 2.00 bits per heavy atom. The Bertz CT molecular complexity index is 770. The Hall–Kier alpha value is -2.05. The number of thiophene rings is 1. The summed E-state index contributed by atoms with van der Waals surface area (Å²) in [6.45, 7) is 0. The number of carbonyl (C=O) groups is 2. The van der Waals surface area contributed by atoms with E-state index in [9.17, 15) is 9.59 Å². The van der Waals surface area contributed by atoms with Crippen molar-refractivity contribution in [1.82, 2.24) is 0 Å². The van der Waals surface area contributed by atoms with E-state index in [0.29, 0.717) is 22.0 Å². The quantitative estimate of drug-likeness (QED) is 0.792. The zero-order valence-corrected chi connectivity index (χ0v) is 12.5. The molecule has 3 rings (SSSR count). The molecule has 0 atom stereocenters. The van der Waals surface area contributed by atoms with Gasteiger partial charge in [-0.3, -0.25) is 10.1 Å². The molecule has 1 heterocycles. The van der Waals surface area contributed by atoms with Crippen molar-refractivity contribution in [3.8, 4) is 10.4 Å². The molecule has 5 nitrogen and oxygen atoms in total. The Labute approximate surface area is 129 Å². The molecule has 0 saturated heterocycles. The number of carbonyl (C=O) groups excluding carboxylic acids is 2. The highest BCUT2D eigenvalue weighted by atomic mass is 35.5. The lowest BCUT2D eigenvalue weighted by Crippen LogP contribution is -2.22. The summed E-state index contributed by atoms with van der Waals surface area (Å²) in [5, 5.41) is 3.50. The van der Waals surface area contributed by atoms with Crippen molar-refractivity contribution in [2.45, 2.75) is 12.8 Å². The first-order valence-electron chi connectivity index (χ1n) is 6.28.